The van der Waals surface area contributed by atoms with Gasteiger partial charge in [0.15, 0.2) is 0 Å². The van der Waals surface area contributed by atoms with Crippen LogP contribution in [0.2, 0.25) is 0 Å². The zero-order valence-corrected chi connectivity index (χ0v) is 7.66. The molecule has 0 radical (unpaired) electrons. The molecule has 2 rings (SSSR count). The van der Waals surface area contributed by atoms with Crippen LogP contribution in [0.15, 0.2) is 0 Å². The van der Waals surface area contributed by atoms with Crippen LogP contribution in [0.5, 0.6) is 0 Å². The fourth-order valence-corrected chi connectivity index (χ4v) is 1.87. The molecular weight excluding hydrogens is 152 g/mol. The van der Waals surface area contributed by atoms with Gasteiger partial charge < -0.3 is 10.8 Å². The molecule has 3 nitrogen and oxygen atoms in total. The van der Waals surface area contributed by atoms with Gasteiger partial charge in [-0.15, -0.1) is 0 Å². The molecule has 2 fully saturated rings. The molecule has 0 aromatic carbocycles. The molecular formula is C9H18N2O. The Balaban J connectivity index is 1.93. The van der Waals surface area contributed by atoms with E-state index in [0.29, 0.717) is 0 Å². The van der Waals surface area contributed by atoms with Crippen molar-refractivity contribution < 1.29 is 5.11 Å². The van der Waals surface area contributed by atoms with Crippen LogP contribution >= 0.6 is 0 Å². The Morgan fingerprint density at radius 2 is 2.17 bits per heavy atom. The molecule has 2 unspecified atom stereocenters. The summed E-state index contributed by atoms with van der Waals surface area (Å²) in [5.74, 6) is 0. The predicted molar refractivity (Wildman–Crippen MR) is 47.8 cm³/mol. The Morgan fingerprint density at radius 1 is 1.50 bits per heavy atom. The Bertz CT molecular complexity index is 177. The number of rotatable bonds is 1. The number of nitrogens with two attached hydrogens (primary N) is 1. The number of hydrogen-bond acceptors (Lipinski definition) is 3. The average molecular weight is 170 g/mol. The van der Waals surface area contributed by atoms with E-state index in [4.69, 9.17) is 5.73 Å². The molecule has 2 aliphatic rings. The van der Waals surface area contributed by atoms with Gasteiger partial charge in [0.05, 0.1) is 5.60 Å². The first kappa shape index (κ1) is 8.48. The standard InChI is InChI=1S/C9H18N2O/c1-9(12)4-5-11(6-8(9)10)7-2-3-7/h7-8,12H,2-6,10H2,1H3. The van der Waals surface area contributed by atoms with Gasteiger partial charge >= 0.3 is 0 Å². The summed E-state index contributed by atoms with van der Waals surface area (Å²) in [6.07, 6.45) is 3.48. The second-order valence-corrected chi connectivity index (χ2v) is 4.44. The van der Waals surface area contributed by atoms with Crippen molar-refractivity contribution in [1.29, 1.82) is 0 Å². The highest BCUT2D eigenvalue weighted by Gasteiger charge is 2.39. The Hall–Kier alpha value is -0.120. The lowest BCUT2D eigenvalue weighted by molar-refractivity contribution is -0.0255. The fourth-order valence-electron chi connectivity index (χ4n) is 1.87. The maximum atomic E-state index is 9.81. The van der Waals surface area contributed by atoms with Crippen LogP contribution in [0.25, 0.3) is 0 Å². The van der Waals surface area contributed by atoms with Crippen molar-refractivity contribution in [3.05, 3.63) is 0 Å². The lowest BCUT2D eigenvalue weighted by atomic mass is 9.89. The lowest BCUT2D eigenvalue weighted by Crippen LogP contribution is -2.58. The summed E-state index contributed by atoms with van der Waals surface area (Å²) in [6.45, 7) is 3.74. The summed E-state index contributed by atoms with van der Waals surface area (Å²) in [5.41, 5.74) is 5.24. The highest BCUT2D eigenvalue weighted by Crippen LogP contribution is 2.31. The third-order valence-corrected chi connectivity index (χ3v) is 3.20. The molecule has 0 amide bonds. The smallest absolute Gasteiger partial charge is 0.0794 e. The minimum atomic E-state index is -0.634. The molecule has 0 aromatic heterocycles. The number of aliphatic hydroxyl groups is 1. The van der Waals surface area contributed by atoms with Gasteiger partial charge in [0, 0.05) is 25.2 Å². The van der Waals surface area contributed by atoms with Crippen LogP contribution in [-0.2, 0) is 0 Å². The van der Waals surface area contributed by atoms with E-state index in [0.717, 1.165) is 25.6 Å². The van der Waals surface area contributed by atoms with Gasteiger partial charge in [-0.1, -0.05) is 0 Å². The average Bonchev–Trinajstić information content (AvgIpc) is 2.77. The van der Waals surface area contributed by atoms with E-state index in [2.05, 4.69) is 4.90 Å². The quantitative estimate of drug-likeness (QED) is 0.579. The van der Waals surface area contributed by atoms with Crippen LogP contribution < -0.4 is 5.73 Å². The Kier molecular flexibility index (Phi) is 1.90. The predicted octanol–water partition coefficient (Wildman–Crippen LogP) is -0.0672. The number of hydrogen-bond donors (Lipinski definition) is 2. The molecule has 0 spiro atoms. The third kappa shape index (κ3) is 1.49. The highest BCUT2D eigenvalue weighted by molar-refractivity contribution is 4.97. The molecule has 12 heavy (non-hydrogen) atoms. The van der Waals surface area contributed by atoms with Crippen LogP contribution in [0.1, 0.15) is 26.2 Å². The molecule has 2 atom stereocenters. The molecule has 1 aliphatic heterocycles. The van der Waals surface area contributed by atoms with Crippen molar-refractivity contribution in [2.75, 3.05) is 13.1 Å². The molecule has 1 aliphatic carbocycles. The Morgan fingerprint density at radius 3 is 2.67 bits per heavy atom. The van der Waals surface area contributed by atoms with Gasteiger partial charge in [0.2, 0.25) is 0 Å². The summed E-state index contributed by atoms with van der Waals surface area (Å²) in [7, 11) is 0. The number of piperidine rings is 1. The molecule has 70 valence electrons. The zero-order valence-electron chi connectivity index (χ0n) is 7.66. The van der Waals surface area contributed by atoms with Gasteiger partial charge in [0.25, 0.3) is 0 Å². The van der Waals surface area contributed by atoms with Crippen LogP contribution in [0.3, 0.4) is 0 Å². The van der Waals surface area contributed by atoms with E-state index in [1.165, 1.54) is 12.8 Å². The van der Waals surface area contributed by atoms with Crippen molar-refractivity contribution in [3.8, 4) is 0 Å². The van der Waals surface area contributed by atoms with Crippen molar-refractivity contribution in [1.82, 2.24) is 4.90 Å². The second kappa shape index (κ2) is 2.69. The first-order valence-electron chi connectivity index (χ1n) is 4.81. The summed E-state index contributed by atoms with van der Waals surface area (Å²) in [5, 5.41) is 9.81. The topological polar surface area (TPSA) is 49.5 Å². The van der Waals surface area contributed by atoms with E-state index in [9.17, 15) is 5.11 Å². The van der Waals surface area contributed by atoms with Crippen LogP contribution in [0.4, 0.5) is 0 Å². The van der Waals surface area contributed by atoms with Gasteiger partial charge in [-0.05, 0) is 26.2 Å². The van der Waals surface area contributed by atoms with E-state index >= 15 is 0 Å². The van der Waals surface area contributed by atoms with Crippen molar-refractivity contribution >= 4 is 0 Å². The van der Waals surface area contributed by atoms with Gasteiger partial charge in [-0.25, -0.2) is 0 Å². The molecule has 1 saturated heterocycles. The Labute approximate surface area is 73.5 Å². The largest absolute Gasteiger partial charge is 0.388 e. The lowest BCUT2D eigenvalue weighted by Gasteiger charge is -2.40. The third-order valence-electron chi connectivity index (χ3n) is 3.20. The first-order valence-corrected chi connectivity index (χ1v) is 4.81. The highest BCUT2D eigenvalue weighted by atomic mass is 16.3. The van der Waals surface area contributed by atoms with Crippen molar-refractivity contribution in [2.45, 2.75) is 43.9 Å². The van der Waals surface area contributed by atoms with Gasteiger partial charge in [0.1, 0.15) is 0 Å². The second-order valence-electron chi connectivity index (χ2n) is 4.44. The van der Waals surface area contributed by atoms with E-state index < -0.39 is 5.60 Å². The van der Waals surface area contributed by atoms with Gasteiger partial charge in [-0.2, -0.15) is 0 Å². The minimum Gasteiger partial charge on any atom is -0.388 e. The monoisotopic (exact) mass is 170 g/mol. The minimum absolute atomic E-state index is 0.0631. The molecule has 1 heterocycles. The molecule has 3 N–H and O–H groups in total. The van der Waals surface area contributed by atoms with Crippen LogP contribution in [-0.4, -0.2) is 40.8 Å². The van der Waals surface area contributed by atoms with E-state index in [1.54, 1.807) is 0 Å². The SMILES string of the molecule is CC1(O)CCN(C2CC2)CC1N. The molecule has 0 aromatic rings. The van der Waals surface area contributed by atoms with E-state index in [1.807, 2.05) is 6.92 Å². The zero-order chi connectivity index (χ0) is 8.77. The fraction of sp³-hybridized carbons (Fsp3) is 1.00. The van der Waals surface area contributed by atoms with E-state index in [-0.39, 0.29) is 6.04 Å². The summed E-state index contributed by atoms with van der Waals surface area (Å²) in [6, 6.07) is 0.721. The number of nitrogens with zero attached hydrogens (tertiary/aromatic N) is 1. The summed E-state index contributed by atoms with van der Waals surface area (Å²) >= 11 is 0. The normalized spacial score (nSPS) is 44.8. The maximum absolute atomic E-state index is 9.81. The molecule has 0 bridgehead atoms. The molecule has 3 heteroatoms. The van der Waals surface area contributed by atoms with Gasteiger partial charge in [-0.3, -0.25) is 4.90 Å². The first-order chi connectivity index (χ1) is 5.59. The summed E-state index contributed by atoms with van der Waals surface area (Å²) < 4.78 is 0. The number of likely N-dealkylation sites (tertiary alicyclic amines) is 1. The van der Waals surface area contributed by atoms with Crippen LogP contribution in [0, 0.1) is 0 Å². The maximum Gasteiger partial charge on any atom is 0.0794 e. The molecule has 1 saturated carbocycles. The van der Waals surface area contributed by atoms with Crippen molar-refractivity contribution in [3.63, 3.8) is 0 Å². The summed E-state index contributed by atoms with van der Waals surface area (Å²) in [4.78, 5) is 2.42. The van der Waals surface area contributed by atoms with Crippen molar-refractivity contribution in [2.24, 2.45) is 5.73 Å².